The molecule has 2 N–H and O–H groups in total. The van der Waals surface area contributed by atoms with Gasteiger partial charge in [0, 0.05) is 5.41 Å². The topological polar surface area (TPSA) is 123 Å². The normalized spacial score (nSPS) is 18.8. The van der Waals surface area contributed by atoms with Crippen LogP contribution >= 0.6 is 11.8 Å². The smallest absolute Gasteiger partial charge is 0.243 e. The Kier molecular flexibility index (Phi) is 7.19. The Morgan fingerprint density at radius 3 is 2.48 bits per heavy atom. The number of nitrogens with zero attached hydrogens (tertiary/aromatic N) is 2. The molecule has 1 heterocycles. The maximum absolute atomic E-state index is 12.4. The summed E-state index contributed by atoms with van der Waals surface area (Å²) in [4.78, 5) is 36.5. The van der Waals surface area contributed by atoms with Crippen LogP contribution in [0.2, 0.25) is 0 Å². The van der Waals surface area contributed by atoms with E-state index >= 15 is 0 Å². The average Bonchev–Trinajstić information content (AvgIpc) is 2.66. The molecule has 0 bridgehead atoms. The van der Waals surface area contributed by atoms with Crippen LogP contribution in [0.3, 0.4) is 0 Å². The zero-order valence-electron chi connectivity index (χ0n) is 16.5. The molecule has 150 valence electrons. The van der Waals surface area contributed by atoms with E-state index in [1.165, 1.54) is 6.92 Å². The third kappa shape index (κ3) is 5.24. The lowest BCUT2D eigenvalue weighted by molar-refractivity contribution is -0.125. The van der Waals surface area contributed by atoms with Crippen molar-refractivity contribution in [3.8, 4) is 12.1 Å². The Balaban J connectivity index is 2.08. The summed E-state index contributed by atoms with van der Waals surface area (Å²) in [5.41, 5.74) is 0.229. The van der Waals surface area contributed by atoms with Crippen LogP contribution in [-0.4, -0.2) is 29.4 Å². The van der Waals surface area contributed by atoms with E-state index in [-0.39, 0.29) is 28.0 Å². The van der Waals surface area contributed by atoms with Crippen molar-refractivity contribution in [2.24, 2.45) is 11.3 Å². The highest BCUT2D eigenvalue weighted by Crippen LogP contribution is 2.41. The summed E-state index contributed by atoms with van der Waals surface area (Å²) < 4.78 is 0. The number of amides is 2. The lowest BCUT2D eigenvalue weighted by atomic mass is 9.72. The van der Waals surface area contributed by atoms with Gasteiger partial charge < -0.3 is 10.6 Å². The molecule has 1 aromatic rings. The Bertz CT molecular complexity index is 925. The summed E-state index contributed by atoms with van der Waals surface area (Å²) in [5.74, 6) is -2.10. The van der Waals surface area contributed by atoms with E-state index in [2.05, 4.69) is 16.7 Å². The first-order valence-electron chi connectivity index (χ1n) is 9.02. The van der Waals surface area contributed by atoms with Crippen LogP contribution in [0.4, 0.5) is 0 Å². The Labute approximate surface area is 174 Å². The summed E-state index contributed by atoms with van der Waals surface area (Å²) >= 11 is 1.01. The largest absolute Gasteiger partial charge is 0.345 e. The number of carbonyl (C=O) groups excluding carboxylic acids is 3. The summed E-state index contributed by atoms with van der Waals surface area (Å²) in [6, 6.07) is 12.7. The maximum atomic E-state index is 12.4. The number of hydrogen-bond donors (Lipinski definition) is 2. The molecule has 0 fully saturated rings. The van der Waals surface area contributed by atoms with Crippen molar-refractivity contribution in [2.45, 2.75) is 33.2 Å². The Morgan fingerprint density at radius 1 is 1.28 bits per heavy atom. The van der Waals surface area contributed by atoms with Gasteiger partial charge in [-0.3, -0.25) is 14.4 Å². The molecule has 0 saturated heterocycles. The van der Waals surface area contributed by atoms with Gasteiger partial charge in [-0.1, -0.05) is 55.9 Å². The van der Waals surface area contributed by atoms with Crippen LogP contribution in [0.5, 0.6) is 0 Å². The maximum Gasteiger partial charge on any atom is 0.243 e. The number of rotatable bonds is 7. The van der Waals surface area contributed by atoms with Crippen molar-refractivity contribution in [2.75, 3.05) is 5.75 Å². The van der Waals surface area contributed by atoms with Gasteiger partial charge in [0.25, 0.3) is 0 Å². The van der Waals surface area contributed by atoms with Gasteiger partial charge in [0.1, 0.15) is 5.92 Å². The molecule has 0 aliphatic carbocycles. The number of ketones is 1. The van der Waals surface area contributed by atoms with E-state index in [1.807, 2.05) is 36.4 Å². The quantitative estimate of drug-likeness (QED) is 0.709. The predicted octanol–water partition coefficient (Wildman–Crippen LogP) is 2.07. The minimum atomic E-state index is -0.983. The molecule has 8 heteroatoms. The third-order valence-corrected chi connectivity index (χ3v) is 5.79. The number of nitriles is 2. The molecule has 0 radical (unpaired) electrons. The summed E-state index contributed by atoms with van der Waals surface area (Å²) in [6.45, 7) is 4.73. The minimum absolute atomic E-state index is 0.0767. The molecule has 2 rings (SSSR count). The van der Waals surface area contributed by atoms with Crippen molar-refractivity contribution >= 4 is 29.4 Å². The third-order valence-electron chi connectivity index (χ3n) is 4.79. The van der Waals surface area contributed by atoms with Crippen LogP contribution < -0.4 is 10.6 Å². The fraction of sp³-hybridized carbons (Fsp3) is 0.381. The van der Waals surface area contributed by atoms with E-state index in [0.29, 0.717) is 6.42 Å². The van der Waals surface area contributed by atoms with Crippen LogP contribution in [0, 0.1) is 34.0 Å². The van der Waals surface area contributed by atoms with Gasteiger partial charge >= 0.3 is 0 Å². The van der Waals surface area contributed by atoms with Crippen molar-refractivity contribution in [1.82, 2.24) is 10.6 Å². The molecule has 0 spiro atoms. The molecule has 0 aromatic heterocycles. The molecule has 1 aromatic carbocycles. The number of benzene rings is 1. The molecule has 2 amide bonds. The number of Topliss-reactive ketones (excluding diaryl/α,β-unsaturated/α-hetero) is 1. The molecular weight excluding hydrogens is 388 g/mol. The van der Waals surface area contributed by atoms with E-state index in [1.54, 1.807) is 13.8 Å². The second kappa shape index (κ2) is 9.40. The molecule has 1 aliphatic rings. The van der Waals surface area contributed by atoms with Crippen LogP contribution in [0.25, 0.3) is 0 Å². The zero-order valence-corrected chi connectivity index (χ0v) is 17.3. The summed E-state index contributed by atoms with van der Waals surface area (Å²) in [5, 5.41) is 24.3. The molecule has 29 heavy (non-hydrogen) atoms. The summed E-state index contributed by atoms with van der Waals surface area (Å²) in [7, 11) is 0. The Morgan fingerprint density at radius 2 is 1.93 bits per heavy atom. The number of carbonyl (C=O) groups is 3. The van der Waals surface area contributed by atoms with Crippen LogP contribution in [0.15, 0.2) is 40.9 Å². The molecule has 0 unspecified atom stereocenters. The number of nitrogens with one attached hydrogen (secondary N) is 2. The second-order valence-electron chi connectivity index (χ2n) is 7.30. The first-order chi connectivity index (χ1) is 13.7. The van der Waals surface area contributed by atoms with Crippen molar-refractivity contribution in [3.63, 3.8) is 0 Å². The zero-order chi connectivity index (χ0) is 21.6. The lowest BCUT2D eigenvalue weighted by Crippen LogP contribution is -2.45. The van der Waals surface area contributed by atoms with E-state index in [0.717, 1.165) is 17.3 Å². The van der Waals surface area contributed by atoms with Gasteiger partial charge in [-0.25, -0.2) is 0 Å². The average molecular weight is 410 g/mol. The van der Waals surface area contributed by atoms with Gasteiger partial charge in [0.05, 0.1) is 34.5 Å². The molecule has 0 saturated carbocycles. The van der Waals surface area contributed by atoms with Gasteiger partial charge in [-0.2, -0.15) is 10.5 Å². The standard InChI is InChI=1S/C21H22N4O3S/c1-13(26)17(9-14-7-5-4-6-8-14)24-18(27)12-29-20-16(11-23)21(2,3)15(10-22)19(28)25-20/h4-8,15,17H,9,12H2,1-3H3,(H,24,27)(H,25,28)/t15-,17-/m1/s1. The fourth-order valence-electron chi connectivity index (χ4n) is 3.05. The summed E-state index contributed by atoms with van der Waals surface area (Å²) in [6.07, 6.45) is 0.381. The van der Waals surface area contributed by atoms with Crippen molar-refractivity contribution in [3.05, 3.63) is 46.5 Å². The highest BCUT2D eigenvalue weighted by Gasteiger charge is 2.44. The van der Waals surface area contributed by atoms with Crippen LogP contribution in [0.1, 0.15) is 26.3 Å². The Hall–Kier alpha value is -3.10. The van der Waals surface area contributed by atoms with Crippen molar-refractivity contribution in [1.29, 1.82) is 10.5 Å². The lowest BCUT2D eigenvalue weighted by Gasteiger charge is -2.34. The second-order valence-corrected chi connectivity index (χ2v) is 8.28. The van der Waals surface area contributed by atoms with E-state index < -0.39 is 23.3 Å². The van der Waals surface area contributed by atoms with E-state index in [4.69, 9.17) is 0 Å². The highest BCUT2D eigenvalue weighted by atomic mass is 32.2. The van der Waals surface area contributed by atoms with Gasteiger partial charge in [-0.15, -0.1) is 0 Å². The minimum Gasteiger partial charge on any atom is -0.345 e. The van der Waals surface area contributed by atoms with Gasteiger partial charge in [0.2, 0.25) is 11.8 Å². The SMILES string of the molecule is CC(=O)[C@@H](Cc1ccccc1)NC(=O)CSC1=C(C#N)C(C)(C)[C@H](C#N)C(=O)N1. The molecule has 1 aliphatic heterocycles. The van der Waals surface area contributed by atoms with Crippen molar-refractivity contribution < 1.29 is 14.4 Å². The number of thioether (sulfide) groups is 1. The van der Waals surface area contributed by atoms with Crippen LogP contribution in [-0.2, 0) is 20.8 Å². The molecular formula is C21H22N4O3S. The number of allylic oxidation sites excluding steroid dienone is 1. The predicted molar refractivity (Wildman–Crippen MR) is 109 cm³/mol. The first-order valence-corrected chi connectivity index (χ1v) is 10.0. The van der Waals surface area contributed by atoms with E-state index in [9.17, 15) is 24.9 Å². The van der Waals surface area contributed by atoms with Gasteiger partial charge in [0.15, 0.2) is 5.78 Å². The monoisotopic (exact) mass is 410 g/mol. The molecule has 7 nitrogen and oxygen atoms in total. The first kappa shape index (κ1) is 22.2. The fourth-order valence-corrected chi connectivity index (χ4v) is 4.04. The highest BCUT2D eigenvalue weighted by molar-refractivity contribution is 8.03. The van der Waals surface area contributed by atoms with Gasteiger partial charge in [-0.05, 0) is 18.9 Å². The number of hydrogen-bond acceptors (Lipinski definition) is 6. The molecule has 2 atom stereocenters.